The van der Waals surface area contributed by atoms with Crippen LogP contribution in [0.15, 0.2) is 18.7 Å². The van der Waals surface area contributed by atoms with Gasteiger partial charge in [0, 0.05) is 18.9 Å². The van der Waals surface area contributed by atoms with Crippen molar-refractivity contribution in [2.45, 2.75) is 75.6 Å². The molecule has 2 N–H and O–H groups in total. The van der Waals surface area contributed by atoms with E-state index in [0.717, 1.165) is 44.4 Å². The summed E-state index contributed by atoms with van der Waals surface area (Å²) in [5.41, 5.74) is 7.02. The second kappa shape index (κ2) is 5.94. The zero-order valence-corrected chi connectivity index (χ0v) is 15.0. The van der Waals surface area contributed by atoms with Crippen LogP contribution < -0.4 is 5.73 Å². The van der Waals surface area contributed by atoms with E-state index >= 15 is 0 Å². The molecule has 1 aliphatic heterocycles. The third kappa shape index (κ3) is 2.57. The average molecular weight is 355 g/mol. The molecule has 26 heavy (non-hydrogen) atoms. The van der Waals surface area contributed by atoms with Crippen molar-refractivity contribution in [1.82, 2.24) is 19.5 Å². The normalized spacial score (nSPS) is 24.5. The number of fused-ring (bicyclic) bond motifs is 1. The topological polar surface area (TPSA) is 88.1 Å². The summed E-state index contributed by atoms with van der Waals surface area (Å²) < 4.78 is 15.1. The van der Waals surface area contributed by atoms with Gasteiger partial charge in [-0.3, -0.25) is 4.57 Å². The third-order valence-electron chi connectivity index (χ3n) is 5.98. The minimum Gasteiger partial charge on any atom is -0.447 e. The van der Waals surface area contributed by atoms with Crippen LogP contribution in [-0.4, -0.2) is 30.9 Å². The molecule has 7 nitrogen and oxygen atoms in total. The first-order valence-electron chi connectivity index (χ1n) is 9.75. The molecule has 2 aliphatic carbocycles. The highest BCUT2D eigenvalue weighted by molar-refractivity contribution is 5.83. The molecule has 2 aromatic rings. The lowest BCUT2D eigenvalue weighted by Crippen LogP contribution is -2.51. The monoisotopic (exact) mass is 355 g/mol. The molecular weight excluding hydrogens is 330 g/mol. The van der Waals surface area contributed by atoms with Crippen molar-refractivity contribution in [1.29, 1.82) is 0 Å². The van der Waals surface area contributed by atoms with Gasteiger partial charge in [-0.2, -0.15) is 0 Å². The fourth-order valence-electron chi connectivity index (χ4n) is 4.69. The SMILES string of the molecule is Nc1ncnc2c1ncn2C1=CC2(CCCCC2)OC2(CCCCC2)O1. The largest absolute Gasteiger partial charge is 0.447 e. The second-order valence-electron chi connectivity index (χ2n) is 7.83. The lowest BCUT2D eigenvalue weighted by molar-refractivity contribution is -0.282. The van der Waals surface area contributed by atoms with Crippen LogP contribution in [0, 0.1) is 0 Å². The molecule has 0 amide bonds. The number of rotatable bonds is 1. The van der Waals surface area contributed by atoms with E-state index in [2.05, 4.69) is 21.0 Å². The Balaban J connectivity index is 1.61. The van der Waals surface area contributed by atoms with E-state index in [9.17, 15) is 0 Å². The van der Waals surface area contributed by atoms with E-state index in [1.807, 2.05) is 4.57 Å². The van der Waals surface area contributed by atoms with Gasteiger partial charge in [0.1, 0.15) is 12.7 Å². The van der Waals surface area contributed by atoms with Crippen molar-refractivity contribution in [2.24, 2.45) is 0 Å². The van der Waals surface area contributed by atoms with Crippen molar-refractivity contribution in [3.8, 4) is 0 Å². The fraction of sp³-hybridized carbons (Fsp3) is 0.632. The molecule has 0 bridgehead atoms. The number of imidazole rings is 1. The molecule has 3 heterocycles. The fourth-order valence-corrected chi connectivity index (χ4v) is 4.69. The van der Waals surface area contributed by atoms with E-state index in [1.165, 1.54) is 32.0 Å². The summed E-state index contributed by atoms with van der Waals surface area (Å²) >= 11 is 0. The molecule has 0 atom stereocenters. The standard InChI is InChI=1S/C19H25N5O2/c20-16-15-17(22-12-21-16)24(13-23-15)14-11-18(7-3-1-4-8-18)26-19(25-14)9-5-2-6-10-19/h11-13H,1-10H2,(H2,20,21,22). The van der Waals surface area contributed by atoms with Gasteiger partial charge >= 0.3 is 0 Å². The van der Waals surface area contributed by atoms with Crippen molar-refractivity contribution >= 4 is 22.9 Å². The molecule has 138 valence electrons. The lowest BCUT2D eigenvalue weighted by atomic mass is 9.82. The minimum absolute atomic E-state index is 0.238. The molecule has 0 unspecified atom stereocenters. The van der Waals surface area contributed by atoms with E-state index in [1.54, 1.807) is 6.33 Å². The van der Waals surface area contributed by atoms with Gasteiger partial charge in [-0.1, -0.05) is 25.7 Å². The summed E-state index contributed by atoms with van der Waals surface area (Å²) in [7, 11) is 0. The van der Waals surface area contributed by atoms with E-state index in [4.69, 9.17) is 15.2 Å². The number of nitrogens with zero attached hydrogens (tertiary/aromatic N) is 4. The number of hydrogen-bond donors (Lipinski definition) is 1. The first kappa shape index (κ1) is 16.1. The average Bonchev–Trinajstić information content (AvgIpc) is 3.08. The van der Waals surface area contributed by atoms with Gasteiger partial charge in [0.2, 0.25) is 11.7 Å². The molecule has 7 heteroatoms. The number of aromatic nitrogens is 4. The highest BCUT2D eigenvalue weighted by Gasteiger charge is 2.48. The molecule has 2 saturated carbocycles. The van der Waals surface area contributed by atoms with Crippen LogP contribution in [0.1, 0.15) is 64.2 Å². The molecule has 0 saturated heterocycles. The minimum atomic E-state index is -0.519. The molecule has 2 spiro atoms. The van der Waals surface area contributed by atoms with Crippen LogP contribution in [-0.2, 0) is 9.47 Å². The number of nitrogens with two attached hydrogens (primary N) is 1. The van der Waals surface area contributed by atoms with Crippen LogP contribution in [0.25, 0.3) is 17.0 Å². The molecule has 0 aromatic carbocycles. The molecule has 2 aromatic heterocycles. The Labute approximate surface area is 152 Å². The van der Waals surface area contributed by atoms with Crippen molar-refractivity contribution in [3.05, 3.63) is 18.7 Å². The maximum atomic E-state index is 6.72. The Kier molecular flexibility index (Phi) is 3.67. The Morgan fingerprint density at radius 3 is 2.42 bits per heavy atom. The zero-order chi connectivity index (χ0) is 17.6. The number of hydrogen-bond acceptors (Lipinski definition) is 6. The Bertz CT molecular complexity index is 847. The quantitative estimate of drug-likeness (QED) is 0.840. The summed E-state index contributed by atoms with van der Waals surface area (Å²) in [6.45, 7) is 0. The summed E-state index contributed by atoms with van der Waals surface area (Å²) in [6.07, 6.45) is 16.5. The number of anilines is 1. The van der Waals surface area contributed by atoms with Gasteiger partial charge < -0.3 is 15.2 Å². The molecular formula is C19H25N5O2. The summed E-state index contributed by atoms with van der Waals surface area (Å²) in [6, 6.07) is 0. The van der Waals surface area contributed by atoms with Crippen molar-refractivity contribution in [3.63, 3.8) is 0 Å². The van der Waals surface area contributed by atoms with Crippen LogP contribution in [0.4, 0.5) is 5.82 Å². The lowest BCUT2D eigenvalue weighted by Gasteiger charge is -2.49. The highest BCUT2D eigenvalue weighted by atomic mass is 16.7. The highest BCUT2D eigenvalue weighted by Crippen LogP contribution is 2.48. The second-order valence-corrected chi connectivity index (χ2v) is 7.83. The van der Waals surface area contributed by atoms with Crippen LogP contribution in [0.2, 0.25) is 0 Å². The first-order valence-corrected chi connectivity index (χ1v) is 9.75. The molecule has 2 fully saturated rings. The third-order valence-corrected chi connectivity index (χ3v) is 5.98. The van der Waals surface area contributed by atoms with Gasteiger partial charge in [0.25, 0.3) is 0 Å². The van der Waals surface area contributed by atoms with E-state index in [0.29, 0.717) is 17.0 Å². The molecule has 5 rings (SSSR count). The van der Waals surface area contributed by atoms with Crippen molar-refractivity contribution < 1.29 is 9.47 Å². The smallest absolute Gasteiger partial charge is 0.213 e. The van der Waals surface area contributed by atoms with Gasteiger partial charge in [-0.05, 0) is 25.7 Å². The predicted octanol–water partition coefficient (Wildman–Crippen LogP) is 3.62. The Hall–Kier alpha value is -2.15. The predicted molar refractivity (Wildman–Crippen MR) is 97.8 cm³/mol. The van der Waals surface area contributed by atoms with Crippen LogP contribution >= 0.6 is 0 Å². The molecule has 0 radical (unpaired) electrons. The van der Waals surface area contributed by atoms with Crippen molar-refractivity contribution in [2.75, 3.05) is 5.73 Å². The maximum Gasteiger partial charge on any atom is 0.213 e. The summed E-state index contributed by atoms with van der Waals surface area (Å²) in [4.78, 5) is 12.8. The van der Waals surface area contributed by atoms with Gasteiger partial charge in [-0.15, -0.1) is 0 Å². The van der Waals surface area contributed by atoms with Crippen LogP contribution in [0.5, 0.6) is 0 Å². The summed E-state index contributed by atoms with van der Waals surface area (Å²) in [5, 5.41) is 0. The van der Waals surface area contributed by atoms with Gasteiger partial charge in [0.15, 0.2) is 17.0 Å². The zero-order valence-electron chi connectivity index (χ0n) is 15.0. The number of ether oxygens (including phenoxy) is 2. The maximum absolute atomic E-state index is 6.72. The summed E-state index contributed by atoms with van der Waals surface area (Å²) in [5.74, 6) is 0.649. The molecule has 3 aliphatic rings. The van der Waals surface area contributed by atoms with Gasteiger partial charge in [0.05, 0.1) is 5.60 Å². The number of nitrogen functional groups attached to an aromatic ring is 1. The van der Waals surface area contributed by atoms with E-state index < -0.39 is 5.79 Å². The van der Waals surface area contributed by atoms with Gasteiger partial charge in [-0.25, -0.2) is 15.0 Å². The van der Waals surface area contributed by atoms with Crippen LogP contribution in [0.3, 0.4) is 0 Å². The first-order chi connectivity index (χ1) is 12.7. The Morgan fingerprint density at radius 2 is 1.65 bits per heavy atom. The Morgan fingerprint density at radius 1 is 0.923 bits per heavy atom. The van der Waals surface area contributed by atoms with E-state index in [-0.39, 0.29) is 5.60 Å².